The molecule has 0 saturated heterocycles. The molecule has 0 amide bonds. The van der Waals surface area contributed by atoms with E-state index in [2.05, 4.69) is 0 Å². The molecule has 0 radical (unpaired) electrons. The summed E-state index contributed by atoms with van der Waals surface area (Å²) in [6.45, 7) is 0. The van der Waals surface area contributed by atoms with Crippen LogP contribution in [0.2, 0.25) is 0 Å². The molecular formula is CaClKO. The van der Waals surface area contributed by atoms with Crippen LogP contribution < -0.4 is 63.8 Å². The average molecular weight is 131 g/mol. The zero-order valence-electron chi connectivity index (χ0n) is 2.49. The van der Waals surface area contributed by atoms with Crippen molar-refractivity contribution < 1.29 is 69.3 Å². The largest absolute Gasteiger partial charge is 2.00 e. The Kier molecular flexibility index (Phi) is 112. The monoisotopic (exact) mass is 130 g/mol. The van der Waals surface area contributed by atoms with Crippen molar-refractivity contribution >= 4 is 37.7 Å². The van der Waals surface area contributed by atoms with Crippen LogP contribution in [0.3, 0.4) is 0 Å². The van der Waals surface area contributed by atoms with Gasteiger partial charge in [0.15, 0.2) is 0 Å². The van der Waals surface area contributed by atoms with E-state index in [1.165, 1.54) is 0 Å². The molecule has 0 rings (SSSR count). The predicted molar refractivity (Wildman–Crippen MR) is 6.44 cm³/mol. The van der Waals surface area contributed by atoms with E-state index in [1.807, 2.05) is 0 Å². The van der Waals surface area contributed by atoms with E-state index in [-0.39, 0.29) is 107 Å². The molecule has 1 nitrogen and oxygen atoms in total. The van der Waals surface area contributed by atoms with Crippen LogP contribution in [-0.2, 0) is 5.48 Å². The number of rotatable bonds is 0. The van der Waals surface area contributed by atoms with Crippen LogP contribution in [0.15, 0.2) is 0 Å². The van der Waals surface area contributed by atoms with Gasteiger partial charge in [-0.25, -0.2) is 0 Å². The van der Waals surface area contributed by atoms with E-state index in [0.717, 1.165) is 0 Å². The fourth-order valence-electron chi connectivity index (χ4n) is 0. The van der Waals surface area contributed by atoms with Crippen molar-refractivity contribution in [1.82, 2.24) is 0 Å². The summed E-state index contributed by atoms with van der Waals surface area (Å²) in [4.78, 5) is 0. The standard InChI is InChI=1S/Ca.ClH.K.O/h;1H;;/q+2;;+1;-2/p-1. The normalized spacial score (nSPS) is 0. The zero-order valence-corrected chi connectivity index (χ0v) is 8.58. The van der Waals surface area contributed by atoms with Gasteiger partial charge in [-0.15, -0.1) is 0 Å². The second-order valence-electron chi connectivity index (χ2n) is 0. The Bertz CT molecular complexity index is 8.00. The van der Waals surface area contributed by atoms with Crippen molar-refractivity contribution in [2.24, 2.45) is 0 Å². The summed E-state index contributed by atoms with van der Waals surface area (Å²) in [5, 5.41) is 0. The van der Waals surface area contributed by atoms with Crippen LogP contribution in [0.25, 0.3) is 0 Å². The molecule has 4 heteroatoms. The van der Waals surface area contributed by atoms with Crippen LogP contribution in [0.1, 0.15) is 0 Å². The van der Waals surface area contributed by atoms with Crippen LogP contribution in [-0.4, -0.2) is 37.7 Å². The summed E-state index contributed by atoms with van der Waals surface area (Å²) in [6.07, 6.45) is 0. The maximum absolute atomic E-state index is 0. The molecule has 0 atom stereocenters. The first-order chi connectivity index (χ1) is 0. The van der Waals surface area contributed by atoms with Crippen molar-refractivity contribution in [3.05, 3.63) is 0 Å². The summed E-state index contributed by atoms with van der Waals surface area (Å²) >= 11 is 0. The van der Waals surface area contributed by atoms with E-state index in [0.29, 0.717) is 0 Å². The molecule has 0 fully saturated rings. The first kappa shape index (κ1) is 27.3. The summed E-state index contributed by atoms with van der Waals surface area (Å²) < 4.78 is 0. The maximum atomic E-state index is 0. The van der Waals surface area contributed by atoms with Gasteiger partial charge in [-0.2, -0.15) is 0 Å². The molecule has 0 aliphatic carbocycles. The quantitative estimate of drug-likeness (QED) is 0.292. The number of hydrogen-bond acceptors (Lipinski definition) is 0. The first-order valence-electron chi connectivity index (χ1n) is 0. The van der Waals surface area contributed by atoms with Crippen LogP contribution in [0, 0.1) is 0 Å². The van der Waals surface area contributed by atoms with Crippen molar-refractivity contribution in [1.29, 1.82) is 0 Å². The molecule has 0 aliphatic rings. The number of hydrogen-bond donors (Lipinski definition) is 0. The third-order valence-electron chi connectivity index (χ3n) is 0. The van der Waals surface area contributed by atoms with E-state index < -0.39 is 0 Å². The molecule has 0 N–H and O–H groups in total. The number of halogens is 1. The van der Waals surface area contributed by atoms with E-state index in [1.54, 1.807) is 0 Å². The molecule has 0 unspecified atom stereocenters. The Morgan fingerprint density at radius 2 is 1.00 bits per heavy atom. The van der Waals surface area contributed by atoms with E-state index in [9.17, 15) is 0 Å². The molecule has 0 aromatic carbocycles. The molecule has 0 saturated carbocycles. The Hall–Kier alpha value is 3.15. The second-order valence-corrected chi connectivity index (χ2v) is 0. The fourth-order valence-corrected chi connectivity index (χ4v) is 0. The van der Waals surface area contributed by atoms with Gasteiger partial charge >= 0.3 is 89.1 Å². The van der Waals surface area contributed by atoms with Crippen molar-refractivity contribution in [2.75, 3.05) is 0 Å². The molecule has 0 heterocycles. The summed E-state index contributed by atoms with van der Waals surface area (Å²) in [6, 6.07) is 0. The summed E-state index contributed by atoms with van der Waals surface area (Å²) in [5.41, 5.74) is 0. The smallest absolute Gasteiger partial charge is 2.00 e. The first-order valence-corrected chi connectivity index (χ1v) is 0. The maximum Gasteiger partial charge on any atom is 2.00 e. The van der Waals surface area contributed by atoms with Gasteiger partial charge in [0.05, 0.1) is 0 Å². The molecular weight excluding hydrogens is 131 g/mol. The molecule has 0 aromatic heterocycles. The average Bonchev–Trinajstić information content (AvgIpc) is 0. The Morgan fingerprint density at radius 3 is 1.00 bits per heavy atom. The Labute approximate surface area is 104 Å². The van der Waals surface area contributed by atoms with Crippen molar-refractivity contribution in [3.63, 3.8) is 0 Å². The SMILES string of the molecule is [Ca+2].[Cl-].[K+].[O-2]. The van der Waals surface area contributed by atoms with Gasteiger partial charge in [0, 0.05) is 0 Å². The minimum Gasteiger partial charge on any atom is -2.00 e. The molecule has 0 aliphatic heterocycles. The van der Waals surface area contributed by atoms with Crippen LogP contribution in [0.4, 0.5) is 0 Å². The molecule has 4 heavy (non-hydrogen) atoms. The van der Waals surface area contributed by atoms with Crippen molar-refractivity contribution in [3.8, 4) is 0 Å². The van der Waals surface area contributed by atoms with Gasteiger partial charge in [0.25, 0.3) is 0 Å². The van der Waals surface area contributed by atoms with E-state index in [4.69, 9.17) is 0 Å². The van der Waals surface area contributed by atoms with Gasteiger partial charge in [-0.05, 0) is 0 Å². The minimum absolute atomic E-state index is 0. The van der Waals surface area contributed by atoms with E-state index >= 15 is 0 Å². The Morgan fingerprint density at radius 1 is 1.00 bits per heavy atom. The summed E-state index contributed by atoms with van der Waals surface area (Å²) in [5.74, 6) is 0. The van der Waals surface area contributed by atoms with Gasteiger partial charge < -0.3 is 17.9 Å². The molecule has 0 bridgehead atoms. The van der Waals surface area contributed by atoms with Gasteiger partial charge in [-0.3, -0.25) is 0 Å². The third kappa shape index (κ3) is 8.94. The van der Waals surface area contributed by atoms with Crippen LogP contribution in [0.5, 0.6) is 0 Å². The topological polar surface area (TPSA) is 28.5 Å². The second kappa shape index (κ2) is 16.4. The molecule has 16 valence electrons. The van der Waals surface area contributed by atoms with Gasteiger partial charge in [0.2, 0.25) is 0 Å². The fraction of sp³-hybridized carbons (Fsp3) is 0. The molecule has 0 spiro atoms. The third-order valence-corrected chi connectivity index (χ3v) is 0. The minimum atomic E-state index is 0. The van der Waals surface area contributed by atoms with Crippen LogP contribution >= 0.6 is 0 Å². The van der Waals surface area contributed by atoms with Crippen molar-refractivity contribution in [2.45, 2.75) is 0 Å². The summed E-state index contributed by atoms with van der Waals surface area (Å²) in [7, 11) is 0. The van der Waals surface area contributed by atoms with Gasteiger partial charge in [-0.1, -0.05) is 0 Å². The zero-order chi connectivity index (χ0) is 0. The van der Waals surface area contributed by atoms with Gasteiger partial charge in [0.1, 0.15) is 0 Å². The Balaban J connectivity index is 0. The predicted octanol–water partition coefficient (Wildman–Crippen LogP) is -6.49. The molecule has 0 aromatic rings.